The van der Waals surface area contributed by atoms with Gasteiger partial charge in [0.05, 0.1) is 10.6 Å². The highest BCUT2D eigenvalue weighted by Gasteiger charge is 2.33. The molecule has 0 saturated carbocycles. The molecule has 0 aliphatic carbocycles. The van der Waals surface area contributed by atoms with Crippen LogP contribution in [0.3, 0.4) is 0 Å². The fourth-order valence-electron chi connectivity index (χ4n) is 2.54. The van der Waals surface area contributed by atoms with Crippen molar-refractivity contribution in [3.05, 3.63) is 74.5 Å². The topological polar surface area (TPSA) is 44.9 Å². The van der Waals surface area contributed by atoms with Gasteiger partial charge in [-0.2, -0.15) is 13.2 Å². The lowest BCUT2D eigenvalue weighted by Gasteiger charge is -2.12. The molecule has 0 spiro atoms. The Morgan fingerprint density at radius 2 is 1.88 bits per heavy atom. The van der Waals surface area contributed by atoms with Crippen LogP contribution >= 0.6 is 11.6 Å². The van der Waals surface area contributed by atoms with Gasteiger partial charge in [0, 0.05) is 23.3 Å². The molecular weight excluding hydrogens is 353 g/mol. The molecule has 0 atom stereocenters. The maximum atomic E-state index is 12.9. The van der Waals surface area contributed by atoms with Gasteiger partial charge < -0.3 is 10.3 Å². The largest absolute Gasteiger partial charge is 0.417 e. The molecule has 130 valence electrons. The van der Waals surface area contributed by atoms with Gasteiger partial charge in [0.15, 0.2) is 0 Å². The Balaban J connectivity index is 1.87. The maximum absolute atomic E-state index is 12.9. The van der Waals surface area contributed by atoms with Crippen LogP contribution in [0.15, 0.2) is 47.3 Å². The van der Waals surface area contributed by atoms with Crippen molar-refractivity contribution in [2.24, 2.45) is 0 Å². The van der Waals surface area contributed by atoms with E-state index in [1.54, 1.807) is 6.07 Å². The van der Waals surface area contributed by atoms with Crippen molar-refractivity contribution < 1.29 is 13.2 Å². The van der Waals surface area contributed by atoms with Crippen LogP contribution < -0.4 is 10.9 Å². The van der Waals surface area contributed by atoms with Gasteiger partial charge in [-0.05, 0) is 48.2 Å². The summed E-state index contributed by atoms with van der Waals surface area (Å²) in [5, 5.41) is 3.33. The number of alkyl halides is 3. The van der Waals surface area contributed by atoms with Crippen molar-refractivity contribution >= 4 is 28.2 Å². The third-order valence-corrected chi connectivity index (χ3v) is 4.16. The molecule has 0 aliphatic heterocycles. The monoisotopic (exact) mass is 366 g/mol. The summed E-state index contributed by atoms with van der Waals surface area (Å²) in [5.41, 5.74) is 1.21. The first-order valence-corrected chi connectivity index (χ1v) is 7.85. The third-order valence-electron chi connectivity index (χ3n) is 3.83. The van der Waals surface area contributed by atoms with E-state index >= 15 is 0 Å². The smallest absolute Gasteiger partial charge is 0.381 e. The molecule has 0 radical (unpaired) electrons. The van der Waals surface area contributed by atoms with Gasteiger partial charge in [0.2, 0.25) is 0 Å². The van der Waals surface area contributed by atoms with Gasteiger partial charge in [-0.25, -0.2) is 0 Å². The Hall–Kier alpha value is -2.47. The molecule has 3 rings (SSSR count). The van der Waals surface area contributed by atoms with Gasteiger partial charge in [-0.15, -0.1) is 0 Å². The molecule has 1 heterocycles. The Morgan fingerprint density at radius 1 is 1.12 bits per heavy atom. The summed E-state index contributed by atoms with van der Waals surface area (Å²) in [4.78, 5) is 14.9. The van der Waals surface area contributed by atoms with E-state index in [1.165, 1.54) is 12.1 Å². The van der Waals surface area contributed by atoms with Crippen molar-refractivity contribution in [3.8, 4) is 0 Å². The van der Waals surface area contributed by atoms with Crippen molar-refractivity contribution in [1.29, 1.82) is 0 Å². The highest BCUT2D eigenvalue weighted by molar-refractivity contribution is 6.31. The lowest BCUT2D eigenvalue weighted by Crippen LogP contribution is -2.16. The minimum absolute atomic E-state index is 0.0953. The molecule has 25 heavy (non-hydrogen) atoms. The second kappa shape index (κ2) is 6.44. The number of hydrogen-bond donors (Lipinski definition) is 2. The Bertz CT molecular complexity index is 996. The number of benzene rings is 2. The number of aromatic amines is 1. The number of pyridine rings is 1. The summed E-state index contributed by atoms with van der Waals surface area (Å²) in [6.07, 6.45) is -4.53. The van der Waals surface area contributed by atoms with E-state index in [2.05, 4.69) is 10.3 Å². The highest BCUT2D eigenvalue weighted by Crippen LogP contribution is 2.36. The SMILES string of the molecule is Cc1ccc2cc(CNc3ccc(Cl)c(C(F)(F)F)c3)c(=O)[nH]c2c1. The van der Waals surface area contributed by atoms with E-state index in [4.69, 9.17) is 11.6 Å². The zero-order chi connectivity index (χ0) is 18.2. The van der Waals surface area contributed by atoms with E-state index in [9.17, 15) is 18.0 Å². The second-order valence-electron chi connectivity index (χ2n) is 5.76. The predicted octanol–water partition coefficient (Wildman–Crippen LogP) is 5.12. The number of fused-ring (bicyclic) bond motifs is 1. The van der Waals surface area contributed by atoms with Crippen molar-refractivity contribution in [1.82, 2.24) is 4.98 Å². The van der Waals surface area contributed by atoms with Gasteiger partial charge in [-0.3, -0.25) is 4.79 Å². The summed E-state index contributed by atoms with van der Waals surface area (Å²) in [7, 11) is 0. The fourth-order valence-corrected chi connectivity index (χ4v) is 2.77. The zero-order valence-electron chi connectivity index (χ0n) is 13.2. The highest BCUT2D eigenvalue weighted by atomic mass is 35.5. The molecule has 3 aromatic rings. The first-order valence-electron chi connectivity index (χ1n) is 7.47. The standard InChI is InChI=1S/C18H14ClF3N2O/c1-10-2-3-11-7-12(17(25)24-16(11)6-10)9-23-13-4-5-15(19)14(8-13)18(20,21)22/h2-8,23H,9H2,1H3,(H,24,25). The van der Waals surface area contributed by atoms with Gasteiger partial charge in [-0.1, -0.05) is 23.7 Å². The summed E-state index contributed by atoms with van der Waals surface area (Å²) in [6, 6.07) is 10.9. The van der Waals surface area contributed by atoms with Crippen LogP contribution in [0.4, 0.5) is 18.9 Å². The molecule has 2 N–H and O–H groups in total. The Labute approximate surface area is 146 Å². The molecule has 0 amide bonds. The number of anilines is 1. The van der Waals surface area contributed by atoms with E-state index in [1.807, 2.05) is 25.1 Å². The molecule has 3 nitrogen and oxygen atoms in total. The second-order valence-corrected chi connectivity index (χ2v) is 6.17. The van der Waals surface area contributed by atoms with Crippen LogP contribution in [0.2, 0.25) is 5.02 Å². The number of aromatic nitrogens is 1. The van der Waals surface area contributed by atoms with E-state index in [0.29, 0.717) is 5.56 Å². The van der Waals surface area contributed by atoms with Gasteiger partial charge >= 0.3 is 6.18 Å². The number of aryl methyl sites for hydroxylation is 1. The van der Waals surface area contributed by atoms with Gasteiger partial charge in [0.1, 0.15) is 0 Å². The molecule has 0 bridgehead atoms. The van der Waals surface area contributed by atoms with Crippen LogP contribution in [0.5, 0.6) is 0 Å². The lowest BCUT2D eigenvalue weighted by molar-refractivity contribution is -0.137. The predicted molar refractivity (Wildman–Crippen MR) is 93.1 cm³/mol. The minimum atomic E-state index is -4.53. The summed E-state index contributed by atoms with van der Waals surface area (Å²) >= 11 is 5.60. The zero-order valence-corrected chi connectivity index (χ0v) is 13.9. The van der Waals surface area contributed by atoms with Crippen molar-refractivity contribution in [2.75, 3.05) is 5.32 Å². The van der Waals surface area contributed by atoms with Crippen molar-refractivity contribution in [3.63, 3.8) is 0 Å². The molecule has 1 aromatic heterocycles. The van der Waals surface area contributed by atoms with E-state index < -0.39 is 11.7 Å². The van der Waals surface area contributed by atoms with Crippen molar-refractivity contribution in [2.45, 2.75) is 19.6 Å². The van der Waals surface area contributed by atoms with E-state index in [0.717, 1.165) is 22.5 Å². The Morgan fingerprint density at radius 3 is 2.60 bits per heavy atom. The quantitative estimate of drug-likeness (QED) is 0.675. The van der Waals surface area contributed by atoms with Crippen LogP contribution in [-0.2, 0) is 12.7 Å². The van der Waals surface area contributed by atoms with Gasteiger partial charge in [0.25, 0.3) is 5.56 Å². The summed E-state index contributed by atoms with van der Waals surface area (Å²) in [6.45, 7) is 2.02. The van der Waals surface area contributed by atoms with Crippen LogP contribution in [0.25, 0.3) is 10.9 Å². The maximum Gasteiger partial charge on any atom is 0.417 e. The third kappa shape index (κ3) is 3.79. The number of hydrogen-bond acceptors (Lipinski definition) is 2. The average molecular weight is 367 g/mol. The average Bonchev–Trinajstić information content (AvgIpc) is 2.53. The molecular formula is C18H14ClF3N2O. The molecule has 0 aliphatic rings. The molecule has 2 aromatic carbocycles. The number of rotatable bonds is 3. The Kier molecular flexibility index (Phi) is 4.47. The molecule has 7 heteroatoms. The number of H-pyrrole nitrogens is 1. The minimum Gasteiger partial charge on any atom is -0.381 e. The van der Waals surface area contributed by atoms with E-state index in [-0.39, 0.29) is 22.8 Å². The summed E-state index contributed by atoms with van der Waals surface area (Å²) < 4.78 is 38.7. The molecule has 0 unspecified atom stereocenters. The first-order chi connectivity index (χ1) is 11.7. The fraction of sp³-hybridized carbons (Fsp3) is 0.167. The van der Waals surface area contributed by atoms with Crippen LogP contribution in [0, 0.1) is 6.92 Å². The number of nitrogens with one attached hydrogen (secondary N) is 2. The normalized spacial score (nSPS) is 11.7. The summed E-state index contributed by atoms with van der Waals surface area (Å²) in [5.74, 6) is 0. The molecule has 0 fully saturated rings. The molecule has 0 saturated heterocycles. The number of halogens is 4. The lowest BCUT2D eigenvalue weighted by atomic mass is 10.1. The van der Waals surface area contributed by atoms with Crippen LogP contribution in [0.1, 0.15) is 16.7 Å². The van der Waals surface area contributed by atoms with Crippen LogP contribution in [-0.4, -0.2) is 4.98 Å². The first kappa shape index (κ1) is 17.4.